The first-order valence-electron chi connectivity index (χ1n) is 7.44. The van der Waals surface area contributed by atoms with Gasteiger partial charge in [-0.1, -0.05) is 24.3 Å². The van der Waals surface area contributed by atoms with Gasteiger partial charge < -0.3 is 4.74 Å². The molecule has 1 fully saturated rings. The maximum absolute atomic E-state index is 5.25. The van der Waals surface area contributed by atoms with Gasteiger partial charge in [0.1, 0.15) is 11.9 Å². The van der Waals surface area contributed by atoms with Crippen molar-refractivity contribution in [2.45, 2.75) is 25.2 Å². The van der Waals surface area contributed by atoms with Crippen molar-refractivity contribution in [1.82, 2.24) is 4.90 Å². The van der Waals surface area contributed by atoms with Gasteiger partial charge in [-0.2, -0.15) is 0 Å². The highest BCUT2D eigenvalue weighted by Crippen LogP contribution is 2.50. The highest BCUT2D eigenvalue weighted by molar-refractivity contribution is 14.1. The molecule has 0 aliphatic carbocycles. The lowest BCUT2D eigenvalue weighted by Gasteiger charge is -2.09. The minimum atomic E-state index is 0.256. The Kier molecular flexibility index (Phi) is 3.46. The quantitative estimate of drug-likeness (QED) is 0.573. The number of ether oxygens (including phenoxy) is 1. The molecule has 2 aliphatic rings. The minimum absolute atomic E-state index is 0.256. The highest BCUT2D eigenvalue weighted by Gasteiger charge is 2.57. The number of halogens is 1. The zero-order valence-corrected chi connectivity index (χ0v) is 14.7. The topological polar surface area (TPSA) is 24.6 Å². The van der Waals surface area contributed by atoms with E-state index < -0.39 is 0 Å². The Morgan fingerprint density at radius 2 is 1.68 bits per heavy atom. The van der Waals surface area contributed by atoms with E-state index >= 15 is 0 Å². The average molecular weight is 404 g/mol. The van der Waals surface area contributed by atoms with Gasteiger partial charge in [-0.15, -0.1) is 0 Å². The van der Waals surface area contributed by atoms with Gasteiger partial charge in [0.15, 0.2) is 0 Å². The molecule has 22 heavy (non-hydrogen) atoms. The van der Waals surface area contributed by atoms with Gasteiger partial charge in [0.05, 0.1) is 24.9 Å². The lowest BCUT2D eigenvalue weighted by Crippen LogP contribution is -2.09. The van der Waals surface area contributed by atoms with Crippen LogP contribution in [0.2, 0.25) is 0 Å². The Hall–Kier alpha value is -1.40. The number of rotatable bonds is 3. The van der Waals surface area contributed by atoms with E-state index in [4.69, 9.17) is 9.73 Å². The summed E-state index contributed by atoms with van der Waals surface area (Å²) in [4.78, 5) is 7.31. The molecule has 1 saturated heterocycles. The van der Waals surface area contributed by atoms with E-state index in [1.165, 1.54) is 20.4 Å². The molecule has 2 aromatic rings. The van der Waals surface area contributed by atoms with Crippen LogP contribution in [0.5, 0.6) is 5.75 Å². The Balaban J connectivity index is 1.62. The second kappa shape index (κ2) is 5.35. The summed E-state index contributed by atoms with van der Waals surface area (Å²) in [6.07, 6.45) is 0.256. The summed E-state index contributed by atoms with van der Waals surface area (Å²) in [6.45, 7) is 2.18. The number of methoxy groups -OCH3 is 1. The molecule has 2 aromatic carbocycles. The molecule has 1 unspecified atom stereocenters. The maximum Gasteiger partial charge on any atom is 0.118 e. The normalized spacial score (nSPS) is 29.0. The van der Waals surface area contributed by atoms with Crippen LogP contribution in [0.4, 0.5) is 0 Å². The summed E-state index contributed by atoms with van der Waals surface area (Å²) in [5, 5.41) is 0. The molecule has 112 valence electrons. The van der Waals surface area contributed by atoms with Crippen molar-refractivity contribution in [3.05, 3.63) is 63.2 Å². The third-order valence-corrected chi connectivity index (χ3v) is 5.21. The van der Waals surface area contributed by atoms with Crippen LogP contribution in [-0.4, -0.2) is 29.9 Å². The predicted octanol–water partition coefficient (Wildman–Crippen LogP) is 3.87. The van der Waals surface area contributed by atoms with Crippen molar-refractivity contribution in [2.75, 3.05) is 7.11 Å². The van der Waals surface area contributed by atoms with Crippen LogP contribution >= 0.6 is 22.6 Å². The van der Waals surface area contributed by atoms with Gasteiger partial charge in [0.25, 0.3) is 0 Å². The van der Waals surface area contributed by atoms with E-state index in [0.717, 1.165) is 5.75 Å². The van der Waals surface area contributed by atoms with Gasteiger partial charge in [-0.05, 0) is 64.9 Å². The second-order valence-electron chi connectivity index (χ2n) is 5.76. The summed E-state index contributed by atoms with van der Waals surface area (Å²) in [6, 6.07) is 17.9. The number of aliphatic imine (C=N–C) groups is 1. The number of nitrogens with zero attached hydrogens (tertiary/aromatic N) is 2. The largest absolute Gasteiger partial charge is 0.497 e. The smallest absolute Gasteiger partial charge is 0.118 e. The molecule has 0 spiro atoms. The van der Waals surface area contributed by atoms with E-state index in [2.05, 4.69) is 70.8 Å². The van der Waals surface area contributed by atoms with E-state index in [9.17, 15) is 0 Å². The van der Waals surface area contributed by atoms with Crippen LogP contribution in [0.15, 0.2) is 53.5 Å². The Morgan fingerprint density at radius 3 is 2.32 bits per heavy atom. The lowest BCUT2D eigenvalue weighted by molar-refractivity contribution is 0.412. The monoisotopic (exact) mass is 404 g/mol. The number of hydrogen-bond donors (Lipinski definition) is 0. The van der Waals surface area contributed by atoms with Crippen molar-refractivity contribution < 1.29 is 4.74 Å². The third-order valence-electron chi connectivity index (χ3n) is 4.49. The van der Waals surface area contributed by atoms with E-state index in [0.29, 0.717) is 12.1 Å². The SMILES string of the molecule is COc1ccc([C@@H]2[C@@H]3C(c4ccc(I)cc4)=N[C@H](C)N23)cc1. The molecule has 0 bridgehead atoms. The van der Waals surface area contributed by atoms with E-state index in [1.807, 2.05) is 12.1 Å². The molecule has 2 aliphatic heterocycles. The molecule has 0 N–H and O–H groups in total. The molecule has 2 heterocycles. The highest BCUT2D eigenvalue weighted by atomic mass is 127. The molecule has 0 saturated carbocycles. The van der Waals surface area contributed by atoms with Crippen molar-refractivity contribution in [3.63, 3.8) is 0 Å². The van der Waals surface area contributed by atoms with Gasteiger partial charge in [0.2, 0.25) is 0 Å². The maximum atomic E-state index is 5.25. The summed E-state index contributed by atoms with van der Waals surface area (Å²) in [7, 11) is 1.70. The summed E-state index contributed by atoms with van der Waals surface area (Å²) < 4.78 is 6.50. The molecule has 0 amide bonds. The summed E-state index contributed by atoms with van der Waals surface area (Å²) in [5.41, 5.74) is 3.82. The standard InChI is InChI=1S/C18H17IN2O/c1-11-20-16(12-3-7-14(19)8-4-12)18-17(21(11)18)13-5-9-15(22-2)10-6-13/h3-11,17-18H,1-2H3/t11-,17+,18-,21?/m0/s1. The Labute approximate surface area is 144 Å². The van der Waals surface area contributed by atoms with E-state index in [1.54, 1.807) is 7.11 Å². The molecule has 0 radical (unpaired) electrons. The molecular weight excluding hydrogens is 387 g/mol. The van der Waals surface area contributed by atoms with Crippen molar-refractivity contribution >= 4 is 28.3 Å². The fraction of sp³-hybridized carbons (Fsp3) is 0.278. The molecule has 4 heteroatoms. The van der Waals surface area contributed by atoms with Crippen LogP contribution in [0.1, 0.15) is 24.1 Å². The number of fused-ring (bicyclic) bond motifs is 1. The minimum Gasteiger partial charge on any atom is -0.497 e. The Morgan fingerprint density at radius 1 is 1.00 bits per heavy atom. The molecule has 4 rings (SSSR count). The van der Waals surface area contributed by atoms with Crippen molar-refractivity contribution in [1.29, 1.82) is 0 Å². The molecule has 3 nitrogen and oxygen atoms in total. The van der Waals surface area contributed by atoms with Crippen LogP contribution in [0, 0.1) is 3.57 Å². The first-order chi connectivity index (χ1) is 10.7. The van der Waals surface area contributed by atoms with Gasteiger partial charge >= 0.3 is 0 Å². The zero-order valence-electron chi connectivity index (χ0n) is 12.5. The van der Waals surface area contributed by atoms with Crippen molar-refractivity contribution in [2.24, 2.45) is 4.99 Å². The van der Waals surface area contributed by atoms with Crippen LogP contribution in [0.3, 0.4) is 0 Å². The van der Waals surface area contributed by atoms with Crippen LogP contribution in [0.25, 0.3) is 0 Å². The van der Waals surface area contributed by atoms with Crippen LogP contribution < -0.4 is 4.74 Å². The number of hydrogen-bond acceptors (Lipinski definition) is 3. The fourth-order valence-corrected chi connectivity index (χ4v) is 3.73. The first kappa shape index (κ1) is 14.2. The summed E-state index contributed by atoms with van der Waals surface area (Å²) in [5.74, 6) is 0.907. The van der Waals surface area contributed by atoms with Gasteiger partial charge in [0, 0.05) is 3.57 Å². The number of benzene rings is 2. The average Bonchev–Trinajstić information content (AvgIpc) is 3.20. The van der Waals surface area contributed by atoms with Gasteiger partial charge in [-0.25, -0.2) is 0 Å². The van der Waals surface area contributed by atoms with Crippen LogP contribution in [-0.2, 0) is 0 Å². The molecular formula is C18H17IN2O. The third kappa shape index (κ3) is 2.25. The first-order valence-corrected chi connectivity index (χ1v) is 8.52. The second-order valence-corrected chi connectivity index (χ2v) is 7.01. The van der Waals surface area contributed by atoms with Gasteiger partial charge in [-0.3, -0.25) is 9.89 Å². The zero-order chi connectivity index (χ0) is 15.3. The summed E-state index contributed by atoms with van der Waals surface area (Å²) >= 11 is 2.34. The molecule has 4 atom stereocenters. The lowest BCUT2D eigenvalue weighted by atomic mass is 10.0. The van der Waals surface area contributed by atoms with E-state index in [-0.39, 0.29) is 6.17 Å². The Bertz CT molecular complexity index is 724. The predicted molar refractivity (Wildman–Crippen MR) is 96.5 cm³/mol. The fourth-order valence-electron chi connectivity index (χ4n) is 3.37. The molecule has 0 aromatic heterocycles. The van der Waals surface area contributed by atoms with Crippen molar-refractivity contribution in [3.8, 4) is 5.75 Å².